The number of rotatable bonds is 7. The molecule has 2 aromatic heterocycles. The molecule has 0 amide bonds. The molecule has 2 heterocycles. The van der Waals surface area contributed by atoms with E-state index in [0.29, 0.717) is 11.1 Å². The summed E-state index contributed by atoms with van der Waals surface area (Å²) in [6, 6.07) is 16.0. The van der Waals surface area contributed by atoms with Crippen molar-refractivity contribution in [1.82, 2.24) is 0 Å². The van der Waals surface area contributed by atoms with Crippen LogP contribution in [0.5, 0.6) is 0 Å². The minimum absolute atomic E-state index is 0.318. The lowest BCUT2D eigenvalue weighted by molar-refractivity contribution is -0.911. The molecule has 0 fully saturated rings. The Balaban J connectivity index is 1.60. The van der Waals surface area contributed by atoms with E-state index in [1.54, 1.807) is 6.26 Å². The maximum absolute atomic E-state index is 6.22. The number of nitrogens with two attached hydrogens (primary N) is 1. The van der Waals surface area contributed by atoms with Crippen LogP contribution in [0.25, 0.3) is 11.3 Å². The van der Waals surface area contributed by atoms with Crippen LogP contribution in [0.4, 0.5) is 0 Å². The summed E-state index contributed by atoms with van der Waals surface area (Å²) in [4.78, 5) is 1.34. The maximum Gasteiger partial charge on any atom is 0.195 e. The monoisotopic (exact) mass is 346 g/mol. The van der Waals surface area contributed by atoms with Crippen molar-refractivity contribution < 1.29 is 19.1 Å². The van der Waals surface area contributed by atoms with Crippen molar-refractivity contribution in [3.8, 4) is 11.3 Å². The Morgan fingerprint density at radius 3 is 2.62 bits per heavy atom. The van der Waals surface area contributed by atoms with Crippen LogP contribution >= 0.6 is 11.6 Å². The van der Waals surface area contributed by atoms with E-state index in [2.05, 4.69) is 19.4 Å². The van der Waals surface area contributed by atoms with Crippen molar-refractivity contribution in [3.05, 3.63) is 71.3 Å². The lowest BCUT2D eigenvalue weighted by atomic mass is 10.2. The van der Waals surface area contributed by atoms with E-state index in [4.69, 9.17) is 20.4 Å². The van der Waals surface area contributed by atoms with Gasteiger partial charge in [0.25, 0.3) is 0 Å². The van der Waals surface area contributed by atoms with E-state index in [0.717, 1.165) is 35.9 Å². The highest BCUT2D eigenvalue weighted by atomic mass is 35.5. The van der Waals surface area contributed by atoms with Gasteiger partial charge in [0.15, 0.2) is 17.6 Å². The van der Waals surface area contributed by atoms with Gasteiger partial charge in [0.1, 0.15) is 18.8 Å². The maximum atomic E-state index is 6.22. The van der Waals surface area contributed by atoms with Crippen LogP contribution in [0.3, 0.4) is 0 Å². The Labute approximate surface area is 147 Å². The second-order valence-corrected chi connectivity index (χ2v) is 6.53. The van der Waals surface area contributed by atoms with Crippen LogP contribution in [0, 0.1) is 0 Å². The third-order valence-corrected chi connectivity index (χ3v) is 4.46. The molecule has 3 rings (SSSR count). The summed E-state index contributed by atoms with van der Waals surface area (Å²) < 4.78 is 11.5. The molecule has 0 spiro atoms. The Hall–Kier alpha value is -2.01. The highest BCUT2D eigenvalue weighted by Crippen LogP contribution is 2.28. The topological polar surface area (TPSA) is 47.3 Å². The van der Waals surface area contributed by atoms with E-state index >= 15 is 0 Å². The lowest BCUT2D eigenvalue weighted by Gasteiger charge is -2.17. The largest absolute Gasteiger partial charge is 0.463 e. The molecular weight excluding hydrogens is 324 g/mol. The smallest absolute Gasteiger partial charge is 0.195 e. The molecule has 4 nitrogen and oxygen atoms in total. The van der Waals surface area contributed by atoms with Crippen molar-refractivity contribution in [2.24, 2.45) is 0 Å². The predicted molar refractivity (Wildman–Crippen MR) is 93.9 cm³/mol. The summed E-state index contributed by atoms with van der Waals surface area (Å²) in [6.45, 7) is 1.72. The van der Waals surface area contributed by atoms with E-state index < -0.39 is 0 Å². The number of likely N-dealkylation sites (N-methyl/N-ethyl adjacent to an activating group) is 1. The predicted octanol–water partition coefficient (Wildman–Crippen LogP) is 2.14. The quantitative estimate of drug-likeness (QED) is 0.688. The third kappa shape index (κ3) is 3.90. The number of benzene rings is 1. The summed E-state index contributed by atoms with van der Waals surface area (Å²) in [7, 11) is 4.28. The number of furan rings is 2. The molecule has 1 aromatic carbocycles. The average molecular weight is 347 g/mol. The summed E-state index contributed by atoms with van der Waals surface area (Å²) in [6.07, 6.45) is 1.73. The van der Waals surface area contributed by atoms with Crippen molar-refractivity contribution in [2.45, 2.75) is 12.6 Å². The van der Waals surface area contributed by atoms with Gasteiger partial charge in [-0.1, -0.05) is 23.7 Å². The highest BCUT2D eigenvalue weighted by molar-refractivity contribution is 6.33. The SMILES string of the molecule is C[NH+](C)[C@H](C[NH2+]Cc1ccc(-c2ccccc2Cl)o1)c1ccco1. The molecule has 0 saturated carbocycles. The standard InChI is InChI=1S/C19H21ClN2O2/c1-22(2)17(19-8-5-11-23-19)13-21-12-14-9-10-18(24-14)15-6-3-4-7-16(15)20/h3-11,17,21H,12-13H2,1-2H3/p+2/t17-/m1/s1. The first-order valence-electron chi connectivity index (χ1n) is 8.14. The molecule has 0 aliphatic rings. The van der Waals surface area contributed by atoms with Gasteiger partial charge in [-0.15, -0.1) is 0 Å². The Bertz CT molecular complexity index is 765. The molecule has 0 saturated heterocycles. The lowest BCUT2D eigenvalue weighted by Crippen LogP contribution is -3.09. The van der Waals surface area contributed by atoms with Crippen LogP contribution in [0.15, 0.2) is 63.6 Å². The van der Waals surface area contributed by atoms with Gasteiger partial charge in [-0.05, 0) is 36.4 Å². The first-order chi connectivity index (χ1) is 11.6. The summed E-state index contributed by atoms with van der Waals surface area (Å²) >= 11 is 6.22. The van der Waals surface area contributed by atoms with Gasteiger partial charge < -0.3 is 19.1 Å². The third-order valence-electron chi connectivity index (χ3n) is 4.13. The van der Waals surface area contributed by atoms with Crippen molar-refractivity contribution in [2.75, 3.05) is 20.6 Å². The van der Waals surface area contributed by atoms with E-state index in [9.17, 15) is 0 Å². The molecule has 0 unspecified atom stereocenters. The molecule has 126 valence electrons. The van der Waals surface area contributed by atoms with Gasteiger partial charge in [-0.2, -0.15) is 0 Å². The Morgan fingerprint density at radius 2 is 1.92 bits per heavy atom. The van der Waals surface area contributed by atoms with Gasteiger partial charge in [0, 0.05) is 5.56 Å². The Kier molecular flexibility index (Phi) is 5.41. The molecule has 0 aliphatic heterocycles. The molecular formula is C19H23ClN2O2+2. The minimum atomic E-state index is 0.318. The summed E-state index contributed by atoms with van der Waals surface area (Å²) in [5.74, 6) is 2.77. The zero-order valence-electron chi connectivity index (χ0n) is 14.0. The minimum Gasteiger partial charge on any atom is -0.463 e. The summed E-state index contributed by atoms with van der Waals surface area (Å²) in [5, 5.41) is 2.95. The van der Waals surface area contributed by atoms with Crippen molar-refractivity contribution in [1.29, 1.82) is 0 Å². The molecule has 3 N–H and O–H groups in total. The van der Waals surface area contributed by atoms with Gasteiger partial charge in [0.05, 0.1) is 25.4 Å². The second kappa shape index (κ2) is 7.71. The number of hydrogen-bond donors (Lipinski definition) is 2. The molecule has 1 atom stereocenters. The molecule has 0 aliphatic carbocycles. The van der Waals surface area contributed by atoms with Gasteiger partial charge in [-0.3, -0.25) is 0 Å². The molecule has 0 bridgehead atoms. The number of hydrogen-bond acceptors (Lipinski definition) is 2. The highest BCUT2D eigenvalue weighted by Gasteiger charge is 2.22. The Morgan fingerprint density at radius 1 is 1.08 bits per heavy atom. The summed E-state index contributed by atoms with van der Waals surface area (Å²) in [5.41, 5.74) is 0.927. The van der Waals surface area contributed by atoms with Crippen LogP contribution in [-0.4, -0.2) is 20.6 Å². The fourth-order valence-electron chi connectivity index (χ4n) is 2.81. The first kappa shape index (κ1) is 16.8. The molecule has 0 radical (unpaired) electrons. The normalized spacial score (nSPS) is 12.7. The number of halogens is 1. The van der Waals surface area contributed by atoms with Gasteiger partial charge in [0.2, 0.25) is 0 Å². The van der Waals surface area contributed by atoms with Crippen LogP contribution in [0.2, 0.25) is 5.02 Å². The van der Waals surface area contributed by atoms with E-state index in [1.165, 1.54) is 4.90 Å². The molecule has 3 aromatic rings. The number of nitrogens with one attached hydrogen (secondary N) is 1. The van der Waals surface area contributed by atoms with Crippen LogP contribution in [0.1, 0.15) is 17.6 Å². The van der Waals surface area contributed by atoms with Crippen molar-refractivity contribution in [3.63, 3.8) is 0 Å². The van der Waals surface area contributed by atoms with Crippen LogP contribution < -0.4 is 10.2 Å². The number of quaternary nitrogens is 2. The second-order valence-electron chi connectivity index (χ2n) is 6.12. The fraction of sp³-hybridized carbons (Fsp3) is 0.263. The molecule has 24 heavy (non-hydrogen) atoms. The first-order valence-corrected chi connectivity index (χ1v) is 8.51. The zero-order valence-corrected chi connectivity index (χ0v) is 14.7. The van der Waals surface area contributed by atoms with E-state index in [1.807, 2.05) is 48.5 Å². The molecule has 5 heteroatoms. The van der Waals surface area contributed by atoms with Gasteiger partial charge in [-0.25, -0.2) is 0 Å². The van der Waals surface area contributed by atoms with E-state index in [-0.39, 0.29) is 0 Å². The van der Waals surface area contributed by atoms with Crippen LogP contribution in [-0.2, 0) is 6.54 Å². The zero-order chi connectivity index (χ0) is 16.9. The van der Waals surface area contributed by atoms with Gasteiger partial charge >= 0.3 is 0 Å². The average Bonchev–Trinajstić information content (AvgIpc) is 3.23. The van der Waals surface area contributed by atoms with Crippen molar-refractivity contribution >= 4 is 11.6 Å². The fourth-order valence-corrected chi connectivity index (χ4v) is 3.04.